The molecule has 1 saturated carbocycles. The predicted octanol–water partition coefficient (Wildman–Crippen LogP) is 3.59. The van der Waals surface area contributed by atoms with Gasteiger partial charge >= 0.3 is 5.97 Å². The van der Waals surface area contributed by atoms with E-state index in [9.17, 15) is 15.2 Å². The molecule has 3 N–H and O–H groups in total. The summed E-state index contributed by atoms with van der Waals surface area (Å²) in [6.45, 7) is 0.377. The Morgan fingerprint density at radius 1 is 1.06 bits per heavy atom. The Morgan fingerprint density at radius 3 is 2.61 bits per heavy atom. The summed E-state index contributed by atoms with van der Waals surface area (Å²) in [6, 6.07) is 16.7. The lowest BCUT2D eigenvalue weighted by Gasteiger charge is -2.27. The molecular formula is C26H24N8O2. The van der Waals surface area contributed by atoms with E-state index in [0.717, 1.165) is 42.6 Å². The molecule has 0 spiro atoms. The Kier molecular flexibility index (Phi) is 6.12. The average Bonchev–Trinajstić information content (AvgIpc) is 3.54. The smallest absolute Gasteiger partial charge is 0.304 e. The third-order valence-corrected chi connectivity index (χ3v) is 6.56. The van der Waals surface area contributed by atoms with Gasteiger partial charge in [0, 0.05) is 16.7 Å². The maximum Gasteiger partial charge on any atom is 0.304 e. The molecule has 3 aromatic heterocycles. The molecule has 0 aliphatic heterocycles. The summed E-state index contributed by atoms with van der Waals surface area (Å²) in [6.07, 6.45) is 5.53. The molecule has 5 rings (SSSR count). The Labute approximate surface area is 207 Å². The average molecular weight is 481 g/mol. The van der Waals surface area contributed by atoms with Crippen molar-refractivity contribution in [3.8, 4) is 28.7 Å². The number of carboxylic acids is 1. The molecule has 1 aliphatic rings. The van der Waals surface area contributed by atoms with Gasteiger partial charge in [0.15, 0.2) is 0 Å². The monoisotopic (exact) mass is 480 g/mol. The first-order chi connectivity index (χ1) is 17.4. The lowest BCUT2D eigenvalue weighted by atomic mass is 9.79. The van der Waals surface area contributed by atoms with Crippen LogP contribution in [0.1, 0.15) is 49.1 Å². The number of hydrogen-bond donors (Lipinski definition) is 2. The number of carbonyl (C=O) groups is 1. The summed E-state index contributed by atoms with van der Waals surface area (Å²) < 4.78 is 1.66. The molecule has 0 saturated heterocycles. The zero-order chi connectivity index (χ0) is 25.1. The van der Waals surface area contributed by atoms with Crippen LogP contribution in [0.4, 0.5) is 5.95 Å². The molecule has 36 heavy (non-hydrogen) atoms. The molecular weight excluding hydrogens is 456 g/mol. The number of nitrogens with zero attached hydrogens (tertiary/aromatic N) is 7. The summed E-state index contributed by atoms with van der Waals surface area (Å²) in [4.78, 5) is 25.0. The van der Waals surface area contributed by atoms with Crippen LogP contribution in [-0.4, -0.2) is 41.0 Å². The number of hydrogen-bond acceptors (Lipinski definition) is 8. The van der Waals surface area contributed by atoms with Crippen molar-refractivity contribution in [2.24, 2.45) is 0 Å². The quantitative estimate of drug-likeness (QED) is 0.403. The van der Waals surface area contributed by atoms with E-state index in [0.29, 0.717) is 29.2 Å². The summed E-state index contributed by atoms with van der Waals surface area (Å²) in [5.74, 6) is -0.707. The van der Waals surface area contributed by atoms with Gasteiger partial charge in [-0.1, -0.05) is 36.3 Å². The van der Waals surface area contributed by atoms with Gasteiger partial charge in [-0.05, 0) is 43.2 Å². The topological polar surface area (TPSA) is 156 Å². The molecule has 0 atom stereocenters. The standard InChI is InChI=1S/C26H24N8O2/c27-14-17-5-3-6-18(11-17)20-12-21(31-25(28)30-20)22-16-34(33-32-22)15-19-7-4-8-23(29-19)26(13-24(35)36)9-1-2-10-26/h3-8,11-12,16H,1-2,9-10,13,15H2,(H,35,36)(H2,28,30,31). The zero-order valence-corrected chi connectivity index (χ0v) is 19.5. The second-order valence-electron chi connectivity index (χ2n) is 9.06. The van der Waals surface area contributed by atoms with Gasteiger partial charge in [0.1, 0.15) is 5.69 Å². The molecule has 1 aromatic carbocycles. The number of anilines is 1. The first-order valence-corrected chi connectivity index (χ1v) is 11.7. The number of rotatable bonds is 7. The van der Waals surface area contributed by atoms with E-state index in [4.69, 9.17) is 10.7 Å². The summed E-state index contributed by atoms with van der Waals surface area (Å²) >= 11 is 0. The van der Waals surface area contributed by atoms with Gasteiger partial charge in [-0.25, -0.2) is 14.6 Å². The molecule has 10 nitrogen and oxygen atoms in total. The van der Waals surface area contributed by atoms with Crippen molar-refractivity contribution in [3.63, 3.8) is 0 Å². The Morgan fingerprint density at radius 2 is 1.83 bits per heavy atom. The number of nitrogen functional groups attached to an aromatic ring is 1. The summed E-state index contributed by atoms with van der Waals surface area (Å²) in [5, 5.41) is 27.1. The van der Waals surface area contributed by atoms with E-state index in [-0.39, 0.29) is 12.4 Å². The molecule has 0 radical (unpaired) electrons. The van der Waals surface area contributed by atoms with Crippen LogP contribution >= 0.6 is 0 Å². The van der Waals surface area contributed by atoms with E-state index in [1.165, 1.54) is 0 Å². The minimum Gasteiger partial charge on any atom is -0.481 e. The van der Waals surface area contributed by atoms with Crippen LogP contribution in [0, 0.1) is 11.3 Å². The van der Waals surface area contributed by atoms with Crippen molar-refractivity contribution in [3.05, 3.63) is 71.7 Å². The van der Waals surface area contributed by atoms with Crippen molar-refractivity contribution < 1.29 is 9.90 Å². The number of nitriles is 1. The molecule has 1 aliphatic carbocycles. The van der Waals surface area contributed by atoms with Crippen LogP contribution in [0.15, 0.2) is 54.7 Å². The van der Waals surface area contributed by atoms with E-state index in [2.05, 4.69) is 26.3 Å². The third-order valence-electron chi connectivity index (χ3n) is 6.56. The number of aromatic nitrogens is 6. The first-order valence-electron chi connectivity index (χ1n) is 11.7. The Balaban J connectivity index is 1.40. The molecule has 1 fully saturated rings. The molecule has 3 heterocycles. The largest absolute Gasteiger partial charge is 0.481 e. The van der Waals surface area contributed by atoms with Gasteiger partial charge in [-0.2, -0.15) is 5.26 Å². The third kappa shape index (κ3) is 4.77. The van der Waals surface area contributed by atoms with Crippen LogP contribution in [0.3, 0.4) is 0 Å². The molecule has 4 aromatic rings. The van der Waals surface area contributed by atoms with Crippen molar-refractivity contribution in [1.29, 1.82) is 5.26 Å². The maximum absolute atomic E-state index is 11.5. The number of pyridine rings is 1. The molecule has 0 unspecified atom stereocenters. The van der Waals surface area contributed by atoms with Crippen molar-refractivity contribution in [2.75, 3.05) is 5.73 Å². The highest BCUT2D eigenvalue weighted by Gasteiger charge is 2.39. The SMILES string of the molecule is N#Cc1cccc(-c2cc(-c3cn(Cc4cccc(C5(CC(=O)O)CCCC5)n4)nn3)nc(N)n2)c1. The number of benzene rings is 1. The number of carboxylic acid groups (broad SMARTS) is 1. The van der Waals surface area contributed by atoms with Crippen LogP contribution in [-0.2, 0) is 16.8 Å². The van der Waals surface area contributed by atoms with Crippen LogP contribution in [0.2, 0.25) is 0 Å². The fourth-order valence-electron chi connectivity index (χ4n) is 4.88. The van der Waals surface area contributed by atoms with Crippen molar-refractivity contribution in [2.45, 2.75) is 44.1 Å². The number of nitrogens with two attached hydrogens (primary N) is 1. The fraction of sp³-hybridized carbons (Fsp3) is 0.269. The van der Waals surface area contributed by atoms with Gasteiger partial charge in [-0.3, -0.25) is 9.78 Å². The van der Waals surface area contributed by atoms with Crippen LogP contribution in [0.5, 0.6) is 0 Å². The van der Waals surface area contributed by atoms with Crippen molar-refractivity contribution in [1.82, 2.24) is 29.9 Å². The second-order valence-corrected chi connectivity index (χ2v) is 9.06. The van der Waals surface area contributed by atoms with E-state index < -0.39 is 11.4 Å². The van der Waals surface area contributed by atoms with Gasteiger partial charge < -0.3 is 10.8 Å². The molecule has 0 amide bonds. The van der Waals surface area contributed by atoms with Gasteiger partial charge in [0.2, 0.25) is 5.95 Å². The van der Waals surface area contributed by atoms with E-state index in [1.54, 1.807) is 35.1 Å². The van der Waals surface area contributed by atoms with Crippen LogP contribution in [0.25, 0.3) is 22.6 Å². The second kappa shape index (κ2) is 9.54. The summed E-state index contributed by atoms with van der Waals surface area (Å²) in [7, 11) is 0. The van der Waals surface area contributed by atoms with E-state index >= 15 is 0 Å². The highest BCUT2D eigenvalue weighted by atomic mass is 16.4. The maximum atomic E-state index is 11.5. The van der Waals surface area contributed by atoms with Crippen LogP contribution < -0.4 is 5.73 Å². The van der Waals surface area contributed by atoms with Gasteiger partial charge in [0.05, 0.1) is 47.9 Å². The lowest BCUT2D eigenvalue weighted by Crippen LogP contribution is -2.27. The fourth-order valence-corrected chi connectivity index (χ4v) is 4.88. The molecule has 10 heteroatoms. The normalized spacial score (nSPS) is 14.4. The molecule has 0 bridgehead atoms. The van der Waals surface area contributed by atoms with Gasteiger partial charge in [-0.15, -0.1) is 5.10 Å². The minimum atomic E-state index is -0.798. The van der Waals surface area contributed by atoms with E-state index in [1.807, 2.05) is 24.3 Å². The highest BCUT2D eigenvalue weighted by Crippen LogP contribution is 2.43. The number of aliphatic carboxylic acids is 1. The zero-order valence-electron chi connectivity index (χ0n) is 19.5. The first kappa shape index (κ1) is 23.1. The predicted molar refractivity (Wildman–Crippen MR) is 131 cm³/mol. The lowest BCUT2D eigenvalue weighted by molar-refractivity contribution is -0.138. The molecule has 180 valence electrons. The Hall–Kier alpha value is -4.65. The summed E-state index contributed by atoms with van der Waals surface area (Å²) in [5.41, 5.74) is 10.0. The minimum absolute atomic E-state index is 0.0890. The Bertz CT molecular complexity index is 1470. The van der Waals surface area contributed by atoms with Crippen molar-refractivity contribution >= 4 is 11.9 Å². The van der Waals surface area contributed by atoms with Gasteiger partial charge in [0.25, 0.3) is 0 Å². The highest BCUT2D eigenvalue weighted by molar-refractivity contribution is 5.69.